The molecule has 1 aliphatic carbocycles. The fraction of sp³-hybridized carbons (Fsp3) is 0.375. The fourth-order valence-corrected chi connectivity index (χ4v) is 4.07. The van der Waals surface area contributed by atoms with E-state index >= 15 is 0 Å². The van der Waals surface area contributed by atoms with Crippen molar-refractivity contribution in [2.45, 2.75) is 25.6 Å². The van der Waals surface area contributed by atoms with Gasteiger partial charge in [-0.25, -0.2) is 0 Å². The molecule has 1 aliphatic rings. The molecule has 0 amide bonds. The minimum atomic E-state index is -1.36. The van der Waals surface area contributed by atoms with Gasteiger partial charge < -0.3 is 18.9 Å². The Bertz CT molecular complexity index is 1150. The molecule has 1 atom stereocenters. The first-order valence-electron chi connectivity index (χ1n) is 12.8. The van der Waals surface area contributed by atoms with Gasteiger partial charge in [0.2, 0.25) is 0 Å². The van der Waals surface area contributed by atoms with Gasteiger partial charge in [0.15, 0.2) is 0 Å². The predicted octanol–water partition coefficient (Wildman–Crippen LogP) is 5.70. The van der Waals surface area contributed by atoms with Crippen molar-refractivity contribution in [1.82, 2.24) is 0 Å². The third-order valence-electron chi connectivity index (χ3n) is 5.52. The second-order valence-corrected chi connectivity index (χ2v) is 14.5. The minimum Gasteiger partial charge on any atom is -0.382 e. The van der Waals surface area contributed by atoms with Gasteiger partial charge in [0, 0.05) is 24.2 Å². The quantitative estimate of drug-likeness (QED) is 0.207. The second kappa shape index (κ2) is 15.4. The molecular weight excluding hydrogens is 476 g/mol. The van der Waals surface area contributed by atoms with Crippen LogP contribution in [0.5, 0.6) is 0 Å². The molecule has 3 rings (SSSR count). The van der Waals surface area contributed by atoms with Crippen molar-refractivity contribution in [1.29, 1.82) is 0 Å². The zero-order chi connectivity index (χ0) is 26.3. The molecule has 0 saturated heterocycles. The van der Waals surface area contributed by atoms with E-state index in [2.05, 4.69) is 110 Å². The Morgan fingerprint density at radius 1 is 0.730 bits per heavy atom. The van der Waals surface area contributed by atoms with Gasteiger partial charge in [0.05, 0.1) is 39.6 Å². The number of hydrogen-bond donors (Lipinski definition) is 0. The lowest BCUT2D eigenvalue weighted by molar-refractivity contribution is 0.00758. The zero-order valence-electron chi connectivity index (χ0n) is 22.5. The molecule has 4 nitrogen and oxygen atoms in total. The highest BCUT2D eigenvalue weighted by Gasteiger charge is 2.13. The summed E-state index contributed by atoms with van der Waals surface area (Å²) in [5, 5.41) is 0. The fourth-order valence-electron chi connectivity index (χ4n) is 3.55. The first-order valence-corrected chi connectivity index (χ1v) is 16.3. The maximum absolute atomic E-state index is 5.51. The monoisotopic (exact) mass is 514 g/mol. The number of hydrogen-bond acceptors (Lipinski definition) is 4. The van der Waals surface area contributed by atoms with E-state index in [4.69, 9.17) is 18.9 Å². The second-order valence-electron chi connectivity index (χ2n) is 9.78. The Kier molecular flexibility index (Phi) is 11.9. The van der Waals surface area contributed by atoms with Gasteiger partial charge in [0.1, 0.15) is 14.7 Å². The van der Waals surface area contributed by atoms with Crippen LogP contribution in [0, 0.1) is 23.3 Å². The van der Waals surface area contributed by atoms with Gasteiger partial charge >= 0.3 is 0 Å². The Labute approximate surface area is 223 Å². The van der Waals surface area contributed by atoms with Crippen molar-refractivity contribution in [2.75, 3.05) is 53.4 Å². The van der Waals surface area contributed by atoms with Crippen molar-refractivity contribution in [3.8, 4) is 23.3 Å². The SMILES string of the molecule is COCCOCCOCCOCC#Cc1ccc(C2=C[C@H](c3ccc(C#C[Si](C)(C)C)cc3)C=C2)cc1. The van der Waals surface area contributed by atoms with E-state index in [1.165, 1.54) is 16.7 Å². The molecule has 5 heteroatoms. The molecule has 0 fully saturated rings. The molecule has 194 valence electrons. The van der Waals surface area contributed by atoms with Crippen LogP contribution >= 0.6 is 0 Å². The van der Waals surface area contributed by atoms with Crippen LogP contribution in [0.4, 0.5) is 0 Å². The lowest BCUT2D eigenvalue weighted by Gasteiger charge is -2.07. The van der Waals surface area contributed by atoms with Crippen LogP contribution in [0.25, 0.3) is 5.57 Å². The van der Waals surface area contributed by atoms with Gasteiger partial charge in [-0.1, -0.05) is 79.9 Å². The van der Waals surface area contributed by atoms with Crippen LogP contribution in [0.1, 0.15) is 28.2 Å². The molecule has 2 aromatic rings. The zero-order valence-corrected chi connectivity index (χ0v) is 23.5. The van der Waals surface area contributed by atoms with Crippen molar-refractivity contribution in [3.63, 3.8) is 0 Å². The molecule has 0 aliphatic heterocycles. The Morgan fingerprint density at radius 2 is 1.32 bits per heavy atom. The van der Waals surface area contributed by atoms with Gasteiger partial charge in [-0.3, -0.25) is 0 Å². The molecule has 0 aromatic heterocycles. The van der Waals surface area contributed by atoms with E-state index in [0.29, 0.717) is 46.2 Å². The van der Waals surface area contributed by atoms with E-state index in [9.17, 15) is 0 Å². The Morgan fingerprint density at radius 3 is 1.97 bits per heavy atom. The van der Waals surface area contributed by atoms with Crippen LogP contribution in [-0.2, 0) is 18.9 Å². The van der Waals surface area contributed by atoms with E-state index in [-0.39, 0.29) is 5.92 Å². The first-order chi connectivity index (χ1) is 17.9. The van der Waals surface area contributed by atoms with Crippen molar-refractivity contribution < 1.29 is 18.9 Å². The Hall–Kier alpha value is -2.90. The lowest BCUT2D eigenvalue weighted by Crippen LogP contribution is -2.16. The summed E-state index contributed by atoms with van der Waals surface area (Å²) in [6.07, 6.45) is 6.76. The molecule has 0 N–H and O–H groups in total. The molecule has 0 radical (unpaired) electrons. The standard InChI is InChI=1S/C32H38O4Si/c1-33-19-20-35-23-24-36-22-21-34-18-5-6-27-7-11-29(12-8-27)31-15-16-32(26-31)30-13-9-28(10-14-30)17-25-37(2,3)4/h7-16,26,32H,18-24H2,1-4H3/t32-/m1/s1. The number of rotatable bonds is 12. The van der Waals surface area contributed by atoms with E-state index in [1.54, 1.807) is 7.11 Å². The molecular formula is C32H38O4Si. The van der Waals surface area contributed by atoms with Crippen LogP contribution in [0.3, 0.4) is 0 Å². The van der Waals surface area contributed by atoms with Crippen LogP contribution < -0.4 is 0 Å². The summed E-state index contributed by atoms with van der Waals surface area (Å²) in [7, 11) is 0.297. The summed E-state index contributed by atoms with van der Waals surface area (Å²) in [5.74, 6) is 9.84. The molecule has 0 bridgehead atoms. The van der Waals surface area contributed by atoms with Crippen molar-refractivity contribution in [3.05, 3.63) is 89.0 Å². The molecule has 0 saturated carbocycles. The summed E-state index contributed by atoms with van der Waals surface area (Å²) in [6.45, 7) is 10.5. The maximum atomic E-state index is 5.51. The van der Waals surface area contributed by atoms with Crippen LogP contribution in [0.15, 0.2) is 66.8 Å². The molecule has 2 aromatic carbocycles. The molecule has 37 heavy (non-hydrogen) atoms. The topological polar surface area (TPSA) is 36.9 Å². The number of allylic oxidation sites excluding steroid dienone is 4. The summed E-state index contributed by atoms with van der Waals surface area (Å²) in [5.41, 5.74) is 9.21. The summed E-state index contributed by atoms with van der Waals surface area (Å²) in [6, 6.07) is 17.0. The lowest BCUT2D eigenvalue weighted by atomic mass is 9.98. The van der Waals surface area contributed by atoms with E-state index in [1.807, 2.05) is 0 Å². The minimum absolute atomic E-state index is 0.290. The van der Waals surface area contributed by atoms with Gasteiger partial charge in [-0.2, -0.15) is 0 Å². The van der Waals surface area contributed by atoms with E-state index < -0.39 is 8.07 Å². The van der Waals surface area contributed by atoms with Gasteiger partial charge in [-0.15, -0.1) is 5.54 Å². The average molecular weight is 515 g/mol. The number of benzene rings is 2. The predicted molar refractivity (Wildman–Crippen MR) is 154 cm³/mol. The van der Waals surface area contributed by atoms with Crippen LogP contribution in [0.2, 0.25) is 19.6 Å². The molecule has 0 heterocycles. The van der Waals surface area contributed by atoms with E-state index in [0.717, 1.165) is 11.1 Å². The summed E-state index contributed by atoms with van der Waals surface area (Å²) >= 11 is 0. The van der Waals surface area contributed by atoms with Crippen molar-refractivity contribution >= 4 is 13.6 Å². The largest absolute Gasteiger partial charge is 0.382 e. The third kappa shape index (κ3) is 10.9. The smallest absolute Gasteiger partial charge is 0.129 e. The first kappa shape index (κ1) is 28.7. The van der Waals surface area contributed by atoms with Crippen molar-refractivity contribution in [2.24, 2.45) is 0 Å². The molecule has 0 spiro atoms. The number of methoxy groups -OCH3 is 1. The molecule has 0 unspecified atom stereocenters. The highest BCUT2D eigenvalue weighted by Crippen LogP contribution is 2.31. The summed E-state index contributed by atoms with van der Waals surface area (Å²) < 4.78 is 21.2. The highest BCUT2D eigenvalue weighted by atomic mass is 28.3. The van der Waals surface area contributed by atoms with Gasteiger partial charge in [0.25, 0.3) is 0 Å². The maximum Gasteiger partial charge on any atom is 0.129 e. The Balaban J connectivity index is 1.40. The average Bonchev–Trinajstić information content (AvgIpc) is 3.39. The highest BCUT2D eigenvalue weighted by molar-refractivity contribution is 6.83. The number of ether oxygens (including phenoxy) is 4. The third-order valence-corrected chi connectivity index (χ3v) is 6.40. The summed E-state index contributed by atoms with van der Waals surface area (Å²) in [4.78, 5) is 0. The van der Waals surface area contributed by atoms with Crippen LogP contribution in [-0.4, -0.2) is 61.4 Å². The van der Waals surface area contributed by atoms with Gasteiger partial charge in [-0.05, 0) is 41.0 Å². The normalized spacial score (nSPS) is 14.5.